The highest BCUT2D eigenvalue weighted by Gasteiger charge is 2.24. The lowest BCUT2D eigenvalue weighted by atomic mass is 10.1. The molecular formula is C20H16N2O4S. The van der Waals surface area contributed by atoms with Crippen LogP contribution in [0.5, 0.6) is 0 Å². The molecule has 0 fully saturated rings. The summed E-state index contributed by atoms with van der Waals surface area (Å²) in [7, 11) is 0. The number of Topliss-reactive ketones (excluding diaryl/α,β-unsaturated/α-hetero) is 1. The van der Waals surface area contributed by atoms with Gasteiger partial charge in [0.05, 0.1) is 17.0 Å². The fourth-order valence-electron chi connectivity index (χ4n) is 2.99. The first kappa shape index (κ1) is 17.4. The summed E-state index contributed by atoms with van der Waals surface area (Å²) in [6.07, 6.45) is 0.694. The Morgan fingerprint density at radius 2 is 2.00 bits per heavy atom. The molecule has 2 aromatic carbocycles. The van der Waals surface area contributed by atoms with Gasteiger partial charge in [0.2, 0.25) is 11.7 Å². The van der Waals surface area contributed by atoms with E-state index in [1.165, 1.54) is 11.8 Å². The number of thioether (sulfide) groups is 1. The van der Waals surface area contributed by atoms with E-state index in [0.29, 0.717) is 17.0 Å². The molecule has 1 aliphatic heterocycles. The summed E-state index contributed by atoms with van der Waals surface area (Å²) >= 11 is 1.41. The largest absolute Gasteiger partial charge is 0.451 e. The smallest absolute Gasteiger partial charge is 0.338 e. The normalized spacial score (nSPS) is 14.3. The predicted octanol–water partition coefficient (Wildman–Crippen LogP) is 3.64. The maximum Gasteiger partial charge on any atom is 0.338 e. The number of carbonyl (C=O) groups excluding carboxylic acids is 3. The number of anilines is 1. The molecule has 7 heteroatoms. The Morgan fingerprint density at radius 3 is 2.85 bits per heavy atom. The van der Waals surface area contributed by atoms with Crippen LogP contribution in [-0.4, -0.2) is 34.5 Å². The summed E-state index contributed by atoms with van der Waals surface area (Å²) in [5.74, 6) is -0.640. The van der Waals surface area contributed by atoms with Gasteiger partial charge in [0.15, 0.2) is 6.10 Å². The van der Waals surface area contributed by atoms with Crippen molar-refractivity contribution in [2.45, 2.75) is 17.9 Å². The minimum absolute atomic E-state index is 0.110. The lowest BCUT2D eigenvalue weighted by Gasteiger charge is -2.17. The fraction of sp³-hybridized carbons (Fsp3) is 0.150. The molecule has 27 heavy (non-hydrogen) atoms. The number of esters is 1. The van der Waals surface area contributed by atoms with Crippen LogP contribution in [0.4, 0.5) is 5.69 Å². The van der Waals surface area contributed by atoms with Crippen molar-refractivity contribution in [3.05, 3.63) is 59.8 Å². The monoisotopic (exact) mass is 380 g/mol. The number of rotatable bonds is 4. The van der Waals surface area contributed by atoms with Gasteiger partial charge < -0.3 is 15.0 Å². The molecule has 3 aromatic rings. The minimum atomic E-state index is -0.934. The predicted molar refractivity (Wildman–Crippen MR) is 103 cm³/mol. The summed E-state index contributed by atoms with van der Waals surface area (Å²) in [6, 6.07) is 12.4. The van der Waals surface area contributed by atoms with Crippen molar-refractivity contribution >= 4 is 46.0 Å². The van der Waals surface area contributed by atoms with E-state index in [1.807, 2.05) is 24.3 Å². The van der Waals surface area contributed by atoms with E-state index in [-0.39, 0.29) is 17.3 Å². The van der Waals surface area contributed by atoms with Crippen molar-refractivity contribution in [3.63, 3.8) is 0 Å². The molecule has 1 aromatic heterocycles. The number of para-hydroxylation sites is 1. The van der Waals surface area contributed by atoms with Gasteiger partial charge in [-0.2, -0.15) is 0 Å². The van der Waals surface area contributed by atoms with Gasteiger partial charge in [-0.1, -0.05) is 18.2 Å². The molecule has 6 nitrogen and oxygen atoms in total. The average molecular weight is 380 g/mol. The van der Waals surface area contributed by atoms with Crippen molar-refractivity contribution in [1.82, 2.24) is 4.98 Å². The van der Waals surface area contributed by atoms with Crippen LogP contribution in [-0.2, 0) is 9.53 Å². The standard InChI is InChI=1S/C20H16N2O4S/c1-11(19(24)14-9-21-15-5-3-2-4-13(14)15)26-20(25)12-6-7-17-16(8-12)22-18(23)10-27-17/h2-9,11,21H,10H2,1H3,(H,22,23)/t11-/m0/s1. The van der Waals surface area contributed by atoms with Crippen LogP contribution in [0.15, 0.2) is 53.6 Å². The van der Waals surface area contributed by atoms with E-state index in [4.69, 9.17) is 4.74 Å². The van der Waals surface area contributed by atoms with Gasteiger partial charge in [0.25, 0.3) is 0 Å². The maximum absolute atomic E-state index is 12.7. The van der Waals surface area contributed by atoms with E-state index in [9.17, 15) is 14.4 Å². The van der Waals surface area contributed by atoms with Crippen LogP contribution >= 0.6 is 11.8 Å². The number of hydrogen-bond donors (Lipinski definition) is 2. The molecule has 2 N–H and O–H groups in total. The molecular weight excluding hydrogens is 364 g/mol. The van der Waals surface area contributed by atoms with Gasteiger partial charge in [0, 0.05) is 27.6 Å². The zero-order chi connectivity index (χ0) is 19.0. The highest BCUT2D eigenvalue weighted by molar-refractivity contribution is 8.00. The van der Waals surface area contributed by atoms with Crippen LogP contribution < -0.4 is 5.32 Å². The summed E-state index contributed by atoms with van der Waals surface area (Å²) in [5.41, 5.74) is 2.21. The van der Waals surface area contributed by atoms with E-state index in [2.05, 4.69) is 10.3 Å². The van der Waals surface area contributed by atoms with Crippen LogP contribution in [0.3, 0.4) is 0 Å². The molecule has 0 spiro atoms. The Morgan fingerprint density at radius 1 is 1.19 bits per heavy atom. The Balaban J connectivity index is 1.51. The van der Waals surface area contributed by atoms with Crippen molar-refractivity contribution < 1.29 is 19.1 Å². The zero-order valence-electron chi connectivity index (χ0n) is 14.4. The molecule has 2 heterocycles. The van der Waals surface area contributed by atoms with Gasteiger partial charge >= 0.3 is 5.97 Å². The third kappa shape index (κ3) is 3.33. The lowest BCUT2D eigenvalue weighted by molar-refractivity contribution is -0.113. The number of aromatic amines is 1. The van der Waals surface area contributed by atoms with E-state index >= 15 is 0 Å². The quantitative estimate of drug-likeness (QED) is 0.533. The van der Waals surface area contributed by atoms with Gasteiger partial charge in [-0.05, 0) is 31.2 Å². The Bertz CT molecular complexity index is 1070. The Kier molecular flexibility index (Phi) is 4.45. The first-order valence-electron chi connectivity index (χ1n) is 8.41. The summed E-state index contributed by atoms with van der Waals surface area (Å²) in [5, 5.41) is 3.53. The molecule has 136 valence electrons. The number of benzene rings is 2. The number of ketones is 1. The molecule has 0 radical (unpaired) electrons. The third-order valence-corrected chi connectivity index (χ3v) is 5.43. The molecule has 1 aliphatic rings. The maximum atomic E-state index is 12.7. The SMILES string of the molecule is C[C@H](OC(=O)c1ccc2c(c1)NC(=O)CS2)C(=O)c1c[nH]c2ccccc12. The minimum Gasteiger partial charge on any atom is -0.451 e. The van der Waals surface area contributed by atoms with E-state index in [1.54, 1.807) is 31.3 Å². The molecule has 1 atom stereocenters. The van der Waals surface area contributed by atoms with E-state index < -0.39 is 12.1 Å². The first-order chi connectivity index (χ1) is 13.0. The Labute approximate surface area is 159 Å². The molecule has 1 amide bonds. The number of aromatic nitrogens is 1. The van der Waals surface area contributed by atoms with Gasteiger partial charge in [-0.25, -0.2) is 4.79 Å². The van der Waals surface area contributed by atoms with Crippen LogP contribution in [0.2, 0.25) is 0 Å². The second kappa shape index (κ2) is 6.92. The van der Waals surface area contributed by atoms with Crippen molar-refractivity contribution in [1.29, 1.82) is 0 Å². The molecule has 0 unspecified atom stereocenters. The van der Waals surface area contributed by atoms with Gasteiger partial charge in [0.1, 0.15) is 0 Å². The summed E-state index contributed by atoms with van der Waals surface area (Å²) in [4.78, 5) is 40.6. The van der Waals surface area contributed by atoms with E-state index in [0.717, 1.165) is 15.8 Å². The molecule has 0 saturated heterocycles. The number of H-pyrrole nitrogens is 1. The molecule has 0 bridgehead atoms. The number of nitrogens with one attached hydrogen (secondary N) is 2. The van der Waals surface area contributed by atoms with Crippen molar-refractivity contribution in [2.75, 3.05) is 11.1 Å². The number of carbonyl (C=O) groups is 3. The number of ether oxygens (including phenoxy) is 1. The van der Waals surface area contributed by atoms with Gasteiger partial charge in [-0.3, -0.25) is 9.59 Å². The summed E-state index contributed by atoms with van der Waals surface area (Å²) in [6.45, 7) is 1.55. The molecule has 0 saturated carbocycles. The highest BCUT2D eigenvalue weighted by atomic mass is 32.2. The van der Waals surface area contributed by atoms with Crippen LogP contribution in [0, 0.1) is 0 Å². The lowest BCUT2D eigenvalue weighted by Crippen LogP contribution is -2.24. The van der Waals surface area contributed by atoms with Crippen LogP contribution in [0.25, 0.3) is 10.9 Å². The molecule has 4 rings (SSSR count). The zero-order valence-corrected chi connectivity index (χ0v) is 15.3. The number of hydrogen-bond acceptors (Lipinski definition) is 5. The fourth-order valence-corrected chi connectivity index (χ4v) is 3.78. The van der Waals surface area contributed by atoms with Crippen molar-refractivity contribution in [3.8, 4) is 0 Å². The second-order valence-corrected chi connectivity index (χ2v) is 7.22. The Hall–Kier alpha value is -3.06. The summed E-state index contributed by atoms with van der Waals surface area (Å²) < 4.78 is 5.37. The second-order valence-electron chi connectivity index (χ2n) is 6.21. The first-order valence-corrected chi connectivity index (χ1v) is 9.39. The third-order valence-electron chi connectivity index (χ3n) is 4.36. The topological polar surface area (TPSA) is 88.3 Å². The van der Waals surface area contributed by atoms with Crippen LogP contribution in [0.1, 0.15) is 27.6 Å². The highest BCUT2D eigenvalue weighted by Crippen LogP contribution is 2.32. The van der Waals surface area contributed by atoms with Crippen molar-refractivity contribution in [2.24, 2.45) is 0 Å². The number of fused-ring (bicyclic) bond motifs is 2. The molecule has 0 aliphatic carbocycles. The van der Waals surface area contributed by atoms with Gasteiger partial charge in [-0.15, -0.1) is 11.8 Å². The average Bonchev–Trinajstić information content (AvgIpc) is 3.10. The number of amides is 1.